The van der Waals surface area contributed by atoms with E-state index in [4.69, 9.17) is 9.47 Å². The number of rotatable bonds is 7. The normalized spacial score (nSPS) is 11.3. The number of hydrogen-bond acceptors (Lipinski definition) is 6. The number of para-hydroxylation sites is 2. The molecule has 0 amide bonds. The van der Waals surface area contributed by atoms with Crippen LogP contribution >= 0.6 is 11.8 Å². The molecule has 34 heavy (non-hydrogen) atoms. The van der Waals surface area contributed by atoms with Crippen LogP contribution in [0.4, 0.5) is 0 Å². The molecule has 2 heterocycles. The van der Waals surface area contributed by atoms with Gasteiger partial charge in [-0.1, -0.05) is 42.1 Å². The summed E-state index contributed by atoms with van der Waals surface area (Å²) in [6, 6.07) is 21.1. The van der Waals surface area contributed by atoms with Gasteiger partial charge in [0.05, 0.1) is 30.3 Å². The molecule has 7 nitrogen and oxygen atoms in total. The van der Waals surface area contributed by atoms with Gasteiger partial charge in [-0.2, -0.15) is 0 Å². The highest BCUT2D eigenvalue weighted by molar-refractivity contribution is 7.99. The fraction of sp³-hybridized carbons (Fsp3) is 0.192. The van der Waals surface area contributed by atoms with E-state index < -0.39 is 0 Å². The second-order valence-electron chi connectivity index (χ2n) is 7.89. The van der Waals surface area contributed by atoms with E-state index in [2.05, 4.69) is 10.2 Å². The number of aromatic nitrogens is 4. The van der Waals surface area contributed by atoms with Gasteiger partial charge in [-0.3, -0.25) is 9.20 Å². The average molecular weight is 473 g/mol. The maximum atomic E-state index is 13.6. The fourth-order valence-corrected chi connectivity index (χ4v) is 4.85. The Labute approximate surface area is 201 Å². The smallest absolute Gasteiger partial charge is 0.267 e. The van der Waals surface area contributed by atoms with E-state index in [9.17, 15) is 4.79 Å². The molecule has 0 aliphatic rings. The summed E-state index contributed by atoms with van der Waals surface area (Å²) in [5.74, 6) is 2.74. The zero-order valence-corrected chi connectivity index (χ0v) is 20.0. The molecule has 3 aromatic carbocycles. The van der Waals surface area contributed by atoms with E-state index in [-0.39, 0.29) is 5.56 Å². The molecule has 0 atom stereocenters. The van der Waals surface area contributed by atoms with Gasteiger partial charge in [0.1, 0.15) is 11.5 Å². The molecule has 0 saturated carbocycles. The maximum absolute atomic E-state index is 13.6. The minimum Gasteiger partial charge on any atom is -0.497 e. The molecule has 5 rings (SSSR count). The van der Waals surface area contributed by atoms with Crippen molar-refractivity contribution >= 4 is 28.4 Å². The molecule has 5 aromatic rings. The van der Waals surface area contributed by atoms with Gasteiger partial charge < -0.3 is 9.47 Å². The summed E-state index contributed by atoms with van der Waals surface area (Å²) in [7, 11) is 1.64. The summed E-state index contributed by atoms with van der Waals surface area (Å²) in [6.07, 6.45) is 0. The Morgan fingerprint density at radius 3 is 2.32 bits per heavy atom. The number of methoxy groups -OCH3 is 1. The highest BCUT2D eigenvalue weighted by Crippen LogP contribution is 2.26. The van der Waals surface area contributed by atoms with Crippen LogP contribution in [0.3, 0.4) is 0 Å². The molecule has 8 heteroatoms. The second kappa shape index (κ2) is 9.23. The van der Waals surface area contributed by atoms with Crippen LogP contribution in [0.15, 0.2) is 76.7 Å². The van der Waals surface area contributed by atoms with Gasteiger partial charge >= 0.3 is 0 Å². The van der Waals surface area contributed by atoms with Crippen LogP contribution in [-0.2, 0) is 0 Å². The van der Waals surface area contributed by atoms with Gasteiger partial charge in [-0.05, 0) is 61.4 Å². The monoisotopic (exact) mass is 472 g/mol. The number of nitrogens with zero attached hydrogens (tertiary/aromatic N) is 4. The third kappa shape index (κ3) is 3.90. The molecular weight excluding hydrogens is 448 g/mol. The minimum atomic E-state index is -0.104. The van der Waals surface area contributed by atoms with Crippen LogP contribution in [0.5, 0.6) is 11.5 Å². The second-order valence-corrected chi connectivity index (χ2v) is 8.95. The molecule has 0 spiro atoms. The lowest BCUT2D eigenvalue weighted by atomic mass is 10.1. The van der Waals surface area contributed by atoms with Gasteiger partial charge in [0.2, 0.25) is 5.78 Å². The molecule has 0 aliphatic heterocycles. The van der Waals surface area contributed by atoms with Crippen molar-refractivity contribution in [3.63, 3.8) is 0 Å². The molecule has 0 fully saturated rings. The Kier molecular flexibility index (Phi) is 5.98. The fourth-order valence-electron chi connectivity index (χ4n) is 4.10. The lowest BCUT2D eigenvalue weighted by Crippen LogP contribution is -2.23. The molecule has 2 aromatic heterocycles. The van der Waals surface area contributed by atoms with Crippen molar-refractivity contribution < 1.29 is 9.47 Å². The van der Waals surface area contributed by atoms with Gasteiger partial charge in [-0.25, -0.2) is 4.57 Å². The van der Waals surface area contributed by atoms with Gasteiger partial charge in [0, 0.05) is 5.75 Å². The standard InChI is InChI=1S/C26H24N4O3S/c1-17-7-6-8-18(2)23(17)30-24(31)21-9-4-5-10-22(21)29-25(30)27-28-26(29)34-16-15-33-20-13-11-19(32-3)12-14-20/h4-14H,15-16H2,1-3H3. The van der Waals surface area contributed by atoms with Gasteiger partial charge in [-0.15, -0.1) is 10.2 Å². The van der Waals surface area contributed by atoms with E-state index >= 15 is 0 Å². The highest BCUT2D eigenvalue weighted by Gasteiger charge is 2.19. The maximum Gasteiger partial charge on any atom is 0.267 e. The topological polar surface area (TPSA) is 70.7 Å². The number of hydrogen-bond donors (Lipinski definition) is 0. The Balaban J connectivity index is 1.52. The molecule has 0 saturated heterocycles. The van der Waals surface area contributed by atoms with Crippen molar-refractivity contribution in [1.82, 2.24) is 19.2 Å². The van der Waals surface area contributed by atoms with Crippen LogP contribution in [0.1, 0.15) is 11.1 Å². The van der Waals surface area contributed by atoms with Crippen molar-refractivity contribution in [2.75, 3.05) is 19.5 Å². The zero-order valence-electron chi connectivity index (χ0n) is 19.2. The molecule has 0 unspecified atom stereocenters. The average Bonchev–Trinajstić information content (AvgIpc) is 3.28. The predicted molar refractivity (Wildman–Crippen MR) is 135 cm³/mol. The summed E-state index contributed by atoms with van der Waals surface area (Å²) >= 11 is 1.54. The van der Waals surface area contributed by atoms with E-state index in [1.54, 1.807) is 23.4 Å². The van der Waals surface area contributed by atoms with Crippen LogP contribution in [-0.4, -0.2) is 38.6 Å². The quantitative estimate of drug-likeness (QED) is 0.250. The van der Waals surface area contributed by atoms with E-state index in [1.807, 2.05) is 85.0 Å². The lowest BCUT2D eigenvalue weighted by molar-refractivity contribution is 0.342. The number of ether oxygens (including phenoxy) is 2. The Bertz CT molecular complexity index is 1520. The summed E-state index contributed by atoms with van der Waals surface area (Å²) in [4.78, 5) is 13.6. The zero-order chi connectivity index (χ0) is 23.7. The van der Waals surface area contributed by atoms with Gasteiger partial charge in [0.15, 0.2) is 5.16 Å². The van der Waals surface area contributed by atoms with Crippen molar-refractivity contribution in [3.05, 3.63) is 88.2 Å². The van der Waals surface area contributed by atoms with Crippen molar-refractivity contribution in [3.8, 4) is 17.2 Å². The first-order valence-corrected chi connectivity index (χ1v) is 11.9. The van der Waals surface area contributed by atoms with Crippen molar-refractivity contribution in [1.29, 1.82) is 0 Å². The van der Waals surface area contributed by atoms with Gasteiger partial charge in [0.25, 0.3) is 5.56 Å². The van der Waals surface area contributed by atoms with Crippen LogP contribution in [0, 0.1) is 13.8 Å². The summed E-state index contributed by atoms with van der Waals surface area (Å²) in [6.45, 7) is 4.51. The third-order valence-corrected chi connectivity index (χ3v) is 6.59. The Hall–Kier alpha value is -3.78. The SMILES string of the molecule is COc1ccc(OCCSc2nnc3n(-c4c(C)cccc4C)c(=O)c4ccccc4n23)cc1. The van der Waals surface area contributed by atoms with Crippen LogP contribution < -0.4 is 15.0 Å². The molecule has 0 bridgehead atoms. The third-order valence-electron chi connectivity index (χ3n) is 5.70. The molecule has 172 valence electrons. The molecular formula is C26H24N4O3S. The van der Waals surface area contributed by atoms with Crippen molar-refractivity contribution in [2.24, 2.45) is 0 Å². The number of fused-ring (bicyclic) bond motifs is 3. The molecule has 0 N–H and O–H groups in total. The van der Waals surface area contributed by atoms with Crippen LogP contribution in [0.2, 0.25) is 0 Å². The van der Waals surface area contributed by atoms with Crippen LogP contribution in [0.25, 0.3) is 22.4 Å². The number of thioether (sulfide) groups is 1. The first-order chi connectivity index (χ1) is 16.6. The summed E-state index contributed by atoms with van der Waals surface area (Å²) in [5, 5.41) is 10.2. The minimum absolute atomic E-state index is 0.104. The van der Waals surface area contributed by atoms with E-state index in [0.29, 0.717) is 28.7 Å². The summed E-state index contributed by atoms with van der Waals surface area (Å²) in [5.41, 5.74) is 3.53. The first-order valence-electron chi connectivity index (χ1n) is 10.9. The Morgan fingerprint density at radius 1 is 0.882 bits per heavy atom. The predicted octanol–water partition coefficient (Wildman–Crippen LogP) is 4.83. The Morgan fingerprint density at radius 2 is 1.59 bits per heavy atom. The number of benzene rings is 3. The molecule has 0 radical (unpaired) electrons. The largest absolute Gasteiger partial charge is 0.497 e. The van der Waals surface area contributed by atoms with Crippen molar-refractivity contribution in [2.45, 2.75) is 19.0 Å². The van der Waals surface area contributed by atoms with E-state index in [1.165, 1.54) is 0 Å². The van der Waals surface area contributed by atoms with E-state index in [0.717, 1.165) is 33.8 Å². The first kappa shape index (κ1) is 22.0. The molecule has 0 aliphatic carbocycles. The lowest BCUT2D eigenvalue weighted by Gasteiger charge is -2.15. The number of aryl methyl sites for hydroxylation is 2. The summed E-state index contributed by atoms with van der Waals surface area (Å²) < 4.78 is 14.7. The highest BCUT2D eigenvalue weighted by atomic mass is 32.2.